The molecule has 2 aromatic rings. The Bertz CT molecular complexity index is 1110. The summed E-state index contributed by atoms with van der Waals surface area (Å²) in [6.07, 6.45) is 1.34. The van der Waals surface area contributed by atoms with Gasteiger partial charge in [-0.25, -0.2) is 8.42 Å². The van der Waals surface area contributed by atoms with Gasteiger partial charge in [0, 0.05) is 32.7 Å². The Morgan fingerprint density at radius 2 is 1.62 bits per heavy atom. The van der Waals surface area contributed by atoms with Crippen molar-refractivity contribution in [2.24, 2.45) is 0 Å². The predicted molar refractivity (Wildman–Crippen MR) is 141 cm³/mol. The van der Waals surface area contributed by atoms with Crippen LogP contribution in [0.5, 0.6) is 0 Å². The van der Waals surface area contributed by atoms with E-state index < -0.39 is 28.5 Å². The quantitative estimate of drug-likeness (QED) is 0.427. The highest BCUT2D eigenvalue weighted by Gasteiger charge is 2.32. The number of anilines is 1. The molecule has 0 aliphatic carbocycles. The number of carbonyl (C=O) groups is 2. The van der Waals surface area contributed by atoms with E-state index in [0.29, 0.717) is 27.7 Å². The van der Waals surface area contributed by atoms with Crippen molar-refractivity contribution in [2.45, 2.75) is 45.8 Å². The van der Waals surface area contributed by atoms with Gasteiger partial charge in [0.2, 0.25) is 21.8 Å². The third kappa shape index (κ3) is 7.60. The van der Waals surface area contributed by atoms with Gasteiger partial charge >= 0.3 is 0 Å². The Labute approximate surface area is 219 Å². The molecule has 0 aliphatic rings. The number of sulfonamides is 1. The van der Waals surface area contributed by atoms with Crippen molar-refractivity contribution in [3.05, 3.63) is 62.5 Å². The SMILES string of the molecule is CCC(C(=O)NC(C)C)N(Cc1c(Cl)cccc1Cl)C(=O)CN(c1ccc(Br)cc1)S(C)(=O)=O. The first kappa shape index (κ1) is 28.4. The molecular weight excluding hydrogens is 565 g/mol. The fourth-order valence-electron chi connectivity index (χ4n) is 3.37. The highest BCUT2D eigenvalue weighted by Crippen LogP contribution is 2.28. The van der Waals surface area contributed by atoms with E-state index in [1.54, 1.807) is 49.4 Å². The van der Waals surface area contributed by atoms with E-state index in [-0.39, 0.29) is 18.5 Å². The molecule has 34 heavy (non-hydrogen) atoms. The number of benzene rings is 2. The smallest absolute Gasteiger partial charge is 0.244 e. The minimum absolute atomic E-state index is 0.0562. The second-order valence-electron chi connectivity index (χ2n) is 8.06. The third-order valence-electron chi connectivity index (χ3n) is 5.00. The summed E-state index contributed by atoms with van der Waals surface area (Å²) in [4.78, 5) is 27.9. The zero-order chi connectivity index (χ0) is 25.6. The largest absolute Gasteiger partial charge is 0.352 e. The number of carbonyl (C=O) groups excluding carboxylic acids is 2. The Hall–Kier alpha value is -1.81. The van der Waals surface area contributed by atoms with E-state index in [4.69, 9.17) is 23.2 Å². The highest BCUT2D eigenvalue weighted by atomic mass is 79.9. The Kier molecular flexibility index (Phi) is 10.2. The maximum Gasteiger partial charge on any atom is 0.244 e. The van der Waals surface area contributed by atoms with Crippen molar-refractivity contribution in [2.75, 3.05) is 17.1 Å². The number of hydrogen-bond acceptors (Lipinski definition) is 4. The van der Waals surface area contributed by atoms with Crippen LogP contribution < -0.4 is 9.62 Å². The van der Waals surface area contributed by atoms with Gasteiger partial charge in [0.1, 0.15) is 12.6 Å². The van der Waals surface area contributed by atoms with Crippen LogP contribution in [0.2, 0.25) is 10.0 Å². The van der Waals surface area contributed by atoms with Crippen LogP contribution in [0.3, 0.4) is 0 Å². The topological polar surface area (TPSA) is 86.8 Å². The summed E-state index contributed by atoms with van der Waals surface area (Å²) in [5.41, 5.74) is 0.805. The summed E-state index contributed by atoms with van der Waals surface area (Å²) < 4.78 is 26.9. The van der Waals surface area contributed by atoms with Crippen molar-refractivity contribution < 1.29 is 18.0 Å². The van der Waals surface area contributed by atoms with E-state index in [0.717, 1.165) is 15.0 Å². The maximum atomic E-state index is 13.6. The summed E-state index contributed by atoms with van der Waals surface area (Å²) in [7, 11) is -3.80. The summed E-state index contributed by atoms with van der Waals surface area (Å²) in [5, 5.41) is 3.52. The van der Waals surface area contributed by atoms with Crippen molar-refractivity contribution in [3.63, 3.8) is 0 Å². The summed E-state index contributed by atoms with van der Waals surface area (Å²) in [5.74, 6) is -0.904. The van der Waals surface area contributed by atoms with Crippen LogP contribution in [0.15, 0.2) is 46.9 Å². The molecule has 0 fully saturated rings. The molecule has 0 saturated heterocycles. The first-order valence-corrected chi connectivity index (χ1v) is 14.0. The molecule has 0 bridgehead atoms. The molecule has 1 N–H and O–H groups in total. The lowest BCUT2D eigenvalue weighted by Gasteiger charge is -2.33. The molecule has 2 aromatic carbocycles. The zero-order valence-corrected chi connectivity index (χ0v) is 23.3. The van der Waals surface area contributed by atoms with Gasteiger partial charge in [0.25, 0.3) is 0 Å². The average Bonchev–Trinajstić information content (AvgIpc) is 2.73. The van der Waals surface area contributed by atoms with Gasteiger partial charge in [-0.3, -0.25) is 13.9 Å². The van der Waals surface area contributed by atoms with Gasteiger partial charge in [-0.15, -0.1) is 0 Å². The predicted octanol–water partition coefficient (Wildman–Crippen LogP) is 4.85. The molecule has 7 nitrogen and oxygen atoms in total. The van der Waals surface area contributed by atoms with Crippen molar-refractivity contribution in [3.8, 4) is 0 Å². The average molecular weight is 593 g/mol. The van der Waals surface area contributed by atoms with Gasteiger partial charge in [-0.2, -0.15) is 0 Å². The molecule has 0 saturated carbocycles. The highest BCUT2D eigenvalue weighted by molar-refractivity contribution is 9.10. The monoisotopic (exact) mass is 591 g/mol. The van der Waals surface area contributed by atoms with Gasteiger partial charge < -0.3 is 10.2 Å². The van der Waals surface area contributed by atoms with Crippen molar-refractivity contribution in [1.82, 2.24) is 10.2 Å². The van der Waals surface area contributed by atoms with Gasteiger partial charge in [-0.1, -0.05) is 52.1 Å². The second-order valence-corrected chi connectivity index (χ2v) is 11.7. The van der Waals surface area contributed by atoms with Gasteiger partial charge in [0.05, 0.1) is 11.9 Å². The standard InChI is InChI=1S/C23H28BrCl2N3O4S/c1-5-21(23(31)27-15(2)3)28(13-18-19(25)7-6-8-20(18)26)22(30)14-29(34(4,32)33)17-11-9-16(24)10-12-17/h6-12,15,21H,5,13-14H2,1-4H3,(H,27,31). The number of nitrogens with zero attached hydrogens (tertiary/aromatic N) is 2. The molecule has 1 unspecified atom stereocenters. The Morgan fingerprint density at radius 1 is 1.06 bits per heavy atom. The Balaban J connectivity index is 2.49. The molecule has 0 aromatic heterocycles. The lowest BCUT2D eigenvalue weighted by Crippen LogP contribution is -2.53. The van der Waals surface area contributed by atoms with Crippen LogP contribution in [0, 0.1) is 0 Å². The molecule has 186 valence electrons. The van der Waals surface area contributed by atoms with Crippen LogP contribution in [-0.2, 0) is 26.2 Å². The van der Waals surface area contributed by atoms with E-state index >= 15 is 0 Å². The van der Waals surface area contributed by atoms with E-state index in [1.807, 2.05) is 13.8 Å². The number of hydrogen-bond donors (Lipinski definition) is 1. The summed E-state index contributed by atoms with van der Waals surface area (Å²) in [6, 6.07) is 10.5. The molecule has 0 aliphatic heterocycles. The fourth-order valence-corrected chi connectivity index (χ4v) is 5.01. The molecule has 0 radical (unpaired) electrons. The van der Waals surface area contributed by atoms with Crippen LogP contribution in [-0.4, -0.2) is 50.0 Å². The minimum Gasteiger partial charge on any atom is -0.352 e. The van der Waals surface area contributed by atoms with Gasteiger partial charge in [-0.05, 0) is 56.7 Å². The molecule has 0 spiro atoms. The number of rotatable bonds is 10. The maximum absolute atomic E-state index is 13.6. The van der Waals surface area contributed by atoms with E-state index in [2.05, 4.69) is 21.2 Å². The van der Waals surface area contributed by atoms with Crippen LogP contribution >= 0.6 is 39.1 Å². The van der Waals surface area contributed by atoms with Crippen molar-refractivity contribution in [1.29, 1.82) is 0 Å². The van der Waals surface area contributed by atoms with Crippen LogP contribution in [0.1, 0.15) is 32.8 Å². The van der Waals surface area contributed by atoms with Crippen LogP contribution in [0.4, 0.5) is 5.69 Å². The first-order chi connectivity index (χ1) is 15.8. The number of amides is 2. The fraction of sp³-hybridized carbons (Fsp3) is 0.391. The molecule has 11 heteroatoms. The molecule has 0 heterocycles. The molecule has 1 atom stereocenters. The zero-order valence-electron chi connectivity index (χ0n) is 19.4. The minimum atomic E-state index is -3.80. The van der Waals surface area contributed by atoms with Crippen LogP contribution in [0.25, 0.3) is 0 Å². The van der Waals surface area contributed by atoms with Crippen molar-refractivity contribution >= 4 is 66.7 Å². The second kappa shape index (κ2) is 12.2. The lowest BCUT2D eigenvalue weighted by molar-refractivity contribution is -0.140. The normalized spacial score (nSPS) is 12.4. The number of halogens is 3. The van der Waals surface area contributed by atoms with E-state index in [1.165, 1.54) is 4.90 Å². The number of nitrogens with one attached hydrogen (secondary N) is 1. The molecule has 2 amide bonds. The first-order valence-electron chi connectivity index (χ1n) is 10.6. The van der Waals surface area contributed by atoms with Gasteiger partial charge in [0.15, 0.2) is 0 Å². The summed E-state index contributed by atoms with van der Waals surface area (Å²) >= 11 is 16.0. The van der Waals surface area contributed by atoms with E-state index in [9.17, 15) is 18.0 Å². The summed E-state index contributed by atoms with van der Waals surface area (Å²) in [6.45, 7) is 4.87. The molecular formula is C23H28BrCl2N3O4S. The Morgan fingerprint density at radius 3 is 2.09 bits per heavy atom. The third-order valence-corrected chi connectivity index (χ3v) is 7.38. The molecule has 2 rings (SSSR count). The lowest BCUT2D eigenvalue weighted by atomic mass is 10.1.